The summed E-state index contributed by atoms with van der Waals surface area (Å²) < 4.78 is 0. The van der Waals surface area contributed by atoms with Gasteiger partial charge in [0.2, 0.25) is 0 Å². The molecule has 18 heavy (non-hydrogen) atoms. The van der Waals surface area contributed by atoms with Crippen LogP contribution in [0, 0.1) is 5.92 Å². The highest BCUT2D eigenvalue weighted by Crippen LogP contribution is 2.31. The summed E-state index contributed by atoms with van der Waals surface area (Å²) >= 11 is 0. The van der Waals surface area contributed by atoms with Crippen molar-refractivity contribution in [2.75, 3.05) is 19.6 Å². The van der Waals surface area contributed by atoms with E-state index in [0.717, 1.165) is 24.5 Å². The number of rotatable bonds is 5. The summed E-state index contributed by atoms with van der Waals surface area (Å²) in [5.74, 6) is 0.999. The third kappa shape index (κ3) is 3.71. The Kier molecular flexibility index (Phi) is 5.97. The second-order valence-electron chi connectivity index (χ2n) is 6.24. The molecule has 0 radical (unpaired) electrons. The van der Waals surface area contributed by atoms with Gasteiger partial charge >= 0.3 is 0 Å². The molecule has 1 saturated heterocycles. The van der Waals surface area contributed by atoms with Gasteiger partial charge in [-0.2, -0.15) is 0 Å². The molecule has 2 fully saturated rings. The van der Waals surface area contributed by atoms with E-state index >= 15 is 0 Å². The van der Waals surface area contributed by atoms with Crippen molar-refractivity contribution < 1.29 is 0 Å². The summed E-state index contributed by atoms with van der Waals surface area (Å²) in [6.45, 7) is 8.41. The van der Waals surface area contributed by atoms with E-state index in [1.165, 1.54) is 64.5 Å². The van der Waals surface area contributed by atoms with Crippen molar-refractivity contribution >= 4 is 0 Å². The van der Waals surface area contributed by atoms with Crippen molar-refractivity contribution in [3.63, 3.8) is 0 Å². The van der Waals surface area contributed by atoms with Crippen LogP contribution in [0.4, 0.5) is 0 Å². The first-order valence-electron chi connectivity index (χ1n) is 8.32. The lowest BCUT2D eigenvalue weighted by molar-refractivity contribution is 0.0834. The van der Waals surface area contributed by atoms with E-state index in [2.05, 4.69) is 24.1 Å². The molecule has 1 unspecified atom stereocenters. The fourth-order valence-corrected chi connectivity index (χ4v) is 4.13. The van der Waals surface area contributed by atoms with Gasteiger partial charge in [0.05, 0.1) is 0 Å². The van der Waals surface area contributed by atoms with Gasteiger partial charge in [-0.3, -0.25) is 0 Å². The molecule has 1 aliphatic carbocycles. The smallest absolute Gasteiger partial charge is 0.0121 e. The molecule has 1 N–H and O–H groups in total. The van der Waals surface area contributed by atoms with Gasteiger partial charge in [-0.25, -0.2) is 0 Å². The van der Waals surface area contributed by atoms with E-state index in [4.69, 9.17) is 0 Å². The van der Waals surface area contributed by atoms with Crippen LogP contribution in [-0.4, -0.2) is 36.6 Å². The second-order valence-corrected chi connectivity index (χ2v) is 6.24. The summed E-state index contributed by atoms with van der Waals surface area (Å²) in [5.41, 5.74) is 0. The van der Waals surface area contributed by atoms with Gasteiger partial charge in [-0.15, -0.1) is 0 Å². The van der Waals surface area contributed by atoms with E-state index in [-0.39, 0.29) is 0 Å². The Morgan fingerprint density at radius 1 is 1.00 bits per heavy atom. The van der Waals surface area contributed by atoms with E-state index in [0.29, 0.717) is 0 Å². The Balaban J connectivity index is 1.81. The lowest BCUT2D eigenvalue weighted by Crippen LogP contribution is -2.49. The van der Waals surface area contributed by atoms with E-state index in [1.54, 1.807) is 0 Å². The minimum atomic E-state index is 0.787. The predicted molar refractivity (Wildman–Crippen MR) is 78.9 cm³/mol. The average molecular weight is 252 g/mol. The fraction of sp³-hybridized carbons (Fsp3) is 1.00. The molecule has 0 aromatic rings. The van der Waals surface area contributed by atoms with Gasteiger partial charge in [0.1, 0.15) is 0 Å². The van der Waals surface area contributed by atoms with Gasteiger partial charge in [-0.05, 0) is 57.7 Å². The van der Waals surface area contributed by atoms with Crippen LogP contribution in [0.5, 0.6) is 0 Å². The minimum absolute atomic E-state index is 0.787. The van der Waals surface area contributed by atoms with Crippen molar-refractivity contribution in [3.05, 3.63) is 0 Å². The number of hydrogen-bond acceptors (Lipinski definition) is 2. The standard InChI is InChI=1S/C16H32N2/c1-3-16(14-8-6-5-7-9-14)18-12-10-15(11-13-18)17-4-2/h14-17H,3-13H2,1-2H3. The zero-order valence-electron chi connectivity index (χ0n) is 12.5. The third-order valence-electron chi connectivity index (χ3n) is 5.10. The van der Waals surface area contributed by atoms with Crippen LogP contribution in [0.1, 0.15) is 65.2 Å². The van der Waals surface area contributed by atoms with Gasteiger partial charge in [0.15, 0.2) is 0 Å². The second kappa shape index (κ2) is 7.49. The predicted octanol–water partition coefficient (Wildman–Crippen LogP) is 3.42. The summed E-state index contributed by atoms with van der Waals surface area (Å²) in [4.78, 5) is 2.81. The molecule has 0 amide bonds. The summed E-state index contributed by atoms with van der Waals surface area (Å²) in [5, 5.41) is 3.61. The molecule has 2 nitrogen and oxygen atoms in total. The Bertz CT molecular complexity index is 215. The molecule has 2 heteroatoms. The maximum absolute atomic E-state index is 3.61. The molecule has 0 aromatic carbocycles. The Hall–Kier alpha value is -0.0800. The molecular weight excluding hydrogens is 220 g/mol. The van der Waals surface area contributed by atoms with Crippen molar-refractivity contribution in [1.29, 1.82) is 0 Å². The van der Waals surface area contributed by atoms with Crippen molar-refractivity contribution in [2.24, 2.45) is 5.92 Å². The van der Waals surface area contributed by atoms with Crippen molar-refractivity contribution in [3.8, 4) is 0 Å². The van der Waals surface area contributed by atoms with Crippen LogP contribution in [0.15, 0.2) is 0 Å². The molecule has 0 bridgehead atoms. The molecule has 2 aliphatic rings. The van der Waals surface area contributed by atoms with Crippen LogP contribution in [-0.2, 0) is 0 Å². The number of hydrogen-bond donors (Lipinski definition) is 1. The van der Waals surface area contributed by atoms with E-state index in [1.807, 2.05) is 0 Å². The molecule has 1 atom stereocenters. The Labute approximate surface area is 114 Å². The monoisotopic (exact) mass is 252 g/mol. The maximum atomic E-state index is 3.61. The molecule has 1 aliphatic heterocycles. The maximum Gasteiger partial charge on any atom is 0.0121 e. The highest BCUT2D eigenvalue weighted by molar-refractivity contribution is 4.85. The van der Waals surface area contributed by atoms with Crippen LogP contribution >= 0.6 is 0 Å². The summed E-state index contributed by atoms with van der Waals surface area (Å²) in [7, 11) is 0. The van der Waals surface area contributed by atoms with Gasteiger partial charge in [-0.1, -0.05) is 33.1 Å². The zero-order valence-corrected chi connectivity index (χ0v) is 12.5. The molecule has 2 rings (SSSR count). The highest BCUT2D eigenvalue weighted by Gasteiger charge is 2.29. The molecule has 106 valence electrons. The van der Waals surface area contributed by atoms with E-state index < -0.39 is 0 Å². The average Bonchev–Trinajstić information content (AvgIpc) is 2.43. The number of likely N-dealkylation sites (tertiary alicyclic amines) is 1. The van der Waals surface area contributed by atoms with Crippen LogP contribution in [0.2, 0.25) is 0 Å². The van der Waals surface area contributed by atoms with Gasteiger partial charge in [0, 0.05) is 12.1 Å². The molecule has 1 heterocycles. The van der Waals surface area contributed by atoms with Gasteiger partial charge < -0.3 is 10.2 Å². The van der Waals surface area contributed by atoms with Crippen LogP contribution in [0.25, 0.3) is 0 Å². The topological polar surface area (TPSA) is 15.3 Å². The quantitative estimate of drug-likeness (QED) is 0.806. The SMILES string of the molecule is CCNC1CCN(C(CC)C2CCCCC2)CC1. The Morgan fingerprint density at radius 2 is 1.67 bits per heavy atom. The zero-order chi connectivity index (χ0) is 12.8. The van der Waals surface area contributed by atoms with Gasteiger partial charge in [0.25, 0.3) is 0 Å². The molecule has 1 saturated carbocycles. The fourth-order valence-electron chi connectivity index (χ4n) is 4.13. The Morgan fingerprint density at radius 3 is 2.22 bits per heavy atom. The van der Waals surface area contributed by atoms with Crippen LogP contribution in [0.3, 0.4) is 0 Å². The molecule has 0 spiro atoms. The van der Waals surface area contributed by atoms with Crippen LogP contribution < -0.4 is 5.32 Å². The number of nitrogens with one attached hydrogen (secondary N) is 1. The normalized spacial score (nSPS) is 26.3. The first kappa shape index (κ1) is 14.3. The lowest BCUT2D eigenvalue weighted by Gasteiger charge is -2.42. The summed E-state index contributed by atoms with van der Waals surface area (Å²) in [6.07, 6.45) is 11.5. The number of nitrogens with zero attached hydrogens (tertiary/aromatic N) is 1. The minimum Gasteiger partial charge on any atom is -0.314 e. The third-order valence-corrected chi connectivity index (χ3v) is 5.10. The lowest BCUT2D eigenvalue weighted by atomic mass is 9.81. The first-order valence-corrected chi connectivity index (χ1v) is 8.32. The van der Waals surface area contributed by atoms with Crippen molar-refractivity contribution in [1.82, 2.24) is 10.2 Å². The molecular formula is C16H32N2. The largest absolute Gasteiger partial charge is 0.314 e. The number of piperidine rings is 1. The molecule has 0 aromatic heterocycles. The highest BCUT2D eigenvalue weighted by atomic mass is 15.2. The van der Waals surface area contributed by atoms with Crippen molar-refractivity contribution in [2.45, 2.75) is 77.3 Å². The first-order chi connectivity index (χ1) is 8.85. The summed E-state index contributed by atoms with van der Waals surface area (Å²) in [6, 6.07) is 1.67. The van der Waals surface area contributed by atoms with E-state index in [9.17, 15) is 0 Å².